The zero-order valence-electron chi connectivity index (χ0n) is 17.5. The van der Waals surface area contributed by atoms with Crippen LogP contribution in [0.2, 0.25) is 0 Å². The van der Waals surface area contributed by atoms with Gasteiger partial charge in [-0.05, 0) is 17.5 Å². The van der Waals surface area contributed by atoms with Crippen LogP contribution in [0.15, 0.2) is 89.9 Å². The molecule has 0 spiro atoms. The molecule has 0 bridgehead atoms. The molecule has 2 heterocycles. The van der Waals surface area contributed by atoms with Crippen LogP contribution in [-0.4, -0.2) is 24.6 Å². The fourth-order valence-electron chi connectivity index (χ4n) is 4.28. The molecule has 3 nitrogen and oxygen atoms in total. The lowest BCUT2D eigenvalue weighted by atomic mass is 10.1. The molecule has 0 radical (unpaired) electrons. The van der Waals surface area contributed by atoms with E-state index in [0.29, 0.717) is 12.5 Å². The van der Waals surface area contributed by atoms with Gasteiger partial charge in [0.2, 0.25) is 5.90 Å². The van der Waals surface area contributed by atoms with E-state index in [4.69, 9.17) is 9.73 Å². The number of nitrogens with zero attached hydrogens (tertiary/aromatic N) is 2. The molecule has 4 heteroatoms. The third-order valence-corrected chi connectivity index (χ3v) is 8.41. The maximum atomic E-state index is 6.21. The first kappa shape index (κ1) is 19.3. The number of ether oxygens (including phenoxy) is 1. The summed E-state index contributed by atoms with van der Waals surface area (Å²) in [5.41, 5.74) is 2.68. The molecule has 0 saturated heterocycles. The highest BCUT2D eigenvalue weighted by molar-refractivity contribution is 7.74. The van der Waals surface area contributed by atoms with Crippen molar-refractivity contribution >= 4 is 30.3 Å². The van der Waals surface area contributed by atoms with Gasteiger partial charge in [0.1, 0.15) is 12.6 Å². The Labute approximate surface area is 180 Å². The van der Waals surface area contributed by atoms with Gasteiger partial charge in [0.25, 0.3) is 0 Å². The van der Waals surface area contributed by atoms with Crippen LogP contribution in [0.1, 0.15) is 19.4 Å². The molecule has 30 heavy (non-hydrogen) atoms. The van der Waals surface area contributed by atoms with Gasteiger partial charge in [0, 0.05) is 22.7 Å². The van der Waals surface area contributed by atoms with Gasteiger partial charge < -0.3 is 9.41 Å². The van der Waals surface area contributed by atoms with Gasteiger partial charge in [-0.3, -0.25) is 0 Å². The van der Waals surface area contributed by atoms with E-state index < -0.39 is 8.07 Å². The second-order valence-electron chi connectivity index (χ2n) is 8.27. The van der Waals surface area contributed by atoms with Crippen LogP contribution in [0.5, 0.6) is 0 Å². The molecular weight excluding hydrogens is 387 g/mol. The van der Waals surface area contributed by atoms with Crippen LogP contribution in [0.25, 0.3) is 0 Å². The minimum atomic E-state index is -0.751. The summed E-state index contributed by atoms with van der Waals surface area (Å²) in [6.45, 7) is 5.15. The molecule has 0 N–H and O–H groups in total. The van der Waals surface area contributed by atoms with E-state index in [2.05, 4.69) is 103 Å². The van der Waals surface area contributed by atoms with Crippen LogP contribution in [-0.2, 0) is 11.2 Å². The predicted octanol–water partition coefficient (Wildman–Crippen LogP) is 4.92. The number of para-hydroxylation sites is 1. The molecular formula is C26H27N2OP. The first-order chi connectivity index (χ1) is 14.7. The van der Waals surface area contributed by atoms with E-state index in [9.17, 15) is 0 Å². The Kier molecular flexibility index (Phi) is 5.31. The molecule has 0 fully saturated rings. The molecule has 2 aliphatic heterocycles. The monoisotopic (exact) mass is 414 g/mol. The first-order valence-corrected chi connectivity index (χ1v) is 12.0. The van der Waals surface area contributed by atoms with E-state index in [1.165, 1.54) is 21.9 Å². The Morgan fingerprint density at radius 2 is 1.47 bits per heavy atom. The van der Waals surface area contributed by atoms with Crippen LogP contribution in [0.3, 0.4) is 0 Å². The highest BCUT2D eigenvalue weighted by atomic mass is 31.1. The normalized spacial score (nSPS) is 20.4. The fourth-order valence-corrected chi connectivity index (χ4v) is 6.85. The van der Waals surface area contributed by atoms with Gasteiger partial charge in [0.05, 0.1) is 14.1 Å². The summed E-state index contributed by atoms with van der Waals surface area (Å²) in [4.78, 5) is 5.04. The van der Waals surface area contributed by atoms with Crippen molar-refractivity contribution < 1.29 is 4.74 Å². The average molecular weight is 414 g/mol. The molecule has 2 atom stereocenters. The first-order valence-electron chi connectivity index (χ1n) is 10.7. The van der Waals surface area contributed by atoms with Gasteiger partial charge in [0.15, 0.2) is 0 Å². The van der Waals surface area contributed by atoms with Gasteiger partial charge in [-0.1, -0.05) is 92.7 Å². The second kappa shape index (κ2) is 8.24. The van der Waals surface area contributed by atoms with Crippen molar-refractivity contribution in [2.45, 2.75) is 32.4 Å². The Hall–Kier alpha value is -2.64. The summed E-state index contributed by atoms with van der Waals surface area (Å²) in [6.07, 6.45) is 0.943. The van der Waals surface area contributed by atoms with Crippen LogP contribution in [0, 0.1) is 5.92 Å². The van der Waals surface area contributed by atoms with Crippen molar-refractivity contribution in [1.29, 1.82) is 0 Å². The van der Waals surface area contributed by atoms with Gasteiger partial charge >= 0.3 is 0 Å². The lowest BCUT2D eigenvalue weighted by Crippen LogP contribution is -2.40. The second-order valence-corrected chi connectivity index (χ2v) is 10.4. The SMILES string of the molecule is CC(C)[C@@H]1COC([C@@H]2Cc3ccccc3N2P(c2ccccc2)c2ccccc2)=N1. The summed E-state index contributed by atoms with van der Waals surface area (Å²) in [6, 6.07) is 31.0. The molecule has 152 valence electrons. The molecule has 0 amide bonds. The Morgan fingerprint density at radius 1 is 0.867 bits per heavy atom. The zero-order valence-corrected chi connectivity index (χ0v) is 18.4. The molecule has 0 aromatic heterocycles. The van der Waals surface area contributed by atoms with Crippen LogP contribution < -0.4 is 15.3 Å². The Balaban J connectivity index is 1.64. The maximum absolute atomic E-state index is 6.21. The van der Waals surface area contributed by atoms with Crippen molar-refractivity contribution in [1.82, 2.24) is 0 Å². The van der Waals surface area contributed by atoms with Crippen molar-refractivity contribution in [3.8, 4) is 0 Å². The largest absolute Gasteiger partial charge is 0.477 e. The third kappa shape index (κ3) is 3.52. The lowest BCUT2D eigenvalue weighted by Gasteiger charge is -2.35. The number of benzene rings is 3. The van der Waals surface area contributed by atoms with Crippen molar-refractivity contribution in [2.24, 2.45) is 10.9 Å². The predicted molar refractivity (Wildman–Crippen MR) is 127 cm³/mol. The highest BCUT2D eigenvalue weighted by Gasteiger charge is 2.41. The average Bonchev–Trinajstić information content (AvgIpc) is 3.41. The minimum Gasteiger partial charge on any atom is -0.477 e. The number of hydrogen-bond donors (Lipinski definition) is 0. The lowest BCUT2D eigenvalue weighted by molar-refractivity contribution is 0.283. The quantitative estimate of drug-likeness (QED) is 0.554. The van der Waals surface area contributed by atoms with Crippen LogP contribution in [0.4, 0.5) is 5.69 Å². The molecule has 3 aromatic carbocycles. The number of aliphatic imine (C=N–C) groups is 1. The number of rotatable bonds is 5. The Morgan fingerprint density at radius 3 is 2.07 bits per heavy atom. The van der Waals surface area contributed by atoms with Gasteiger partial charge in [-0.15, -0.1) is 0 Å². The maximum Gasteiger partial charge on any atom is 0.207 e. The summed E-state index contributed by atoms with van der Waals surface area (Å²) < 4.78 is 8.81. The number of fused-ring (bicyclic) bond motifs is 1. The molecule has 3 aromatic rings. The highest BCUT2D eigenvalue weighted by Crippen LogP contribution is 2.50. The smallest absolute Gasteiger partial charge is 0.207 e. The fraction of sp³-hybridized carbons (Fsp3) is 0.269. The molecule has 0 saturated carbocycles. The molecule has 0 unspecified atom stereocenters. The van der Waals surface area contributed by atoms with Crippen molar-refractivity contribution in [3.63, 3.8) is 0 Å². The molecule has 2 aliphatic rings. The number of anilines is 1. The van der Waals surface area contributed by atoms with Gasteiger partial charge in [-0.25, -0.2) is 4.99 Å². The van der Waals surface area contributed by atoms with Crippen molar-refractivity contribution in [3.05, 3.63) is 90.5 Å². The third-order valence-electron chi connectivity index (χ3n) is 5.91. The zero-order chi connectivity index (χ0) is 20.5. The van der Waals surface area contributed by atoms with E-state index in [-0.39, 0.29) is 12.1 Å². The molecule has 0 aliphatic carbocycles. The Bertz CT molecular complexity index is 996. The standard InChI is InChI=1S/C26H27N2OP/c1-19(2)23-18-29-26(27-23)25-17-20-11-9-10-16-24(20)28(25)30(21-12-5-3-6-13-21)22-14-7-4-8-15-22/h3-16,19,23,25H,17-18H2,1-2H3/t23-,25-/m0/s1. The molecule has 5 rings (SSSR count). The van der Waals surface area contributed by atoms with E-state index in [0.717, 1.165) is 12.3 Å². The summed E-state index contributed by atoms with van der Waals surface area (Å²) >= 11 is 0. The van der Waals surface area contributed by atoms with E-state index in [1.54, 1.807) is 0 Å². The van der Waals surface area contributed by atoms with Crippen molar-refractivity contribution in [2.75, 3.05) is 11.3 Å². The van der Waals surface area contributed by atoms with E-state index >= 15 is 0 Å². The number of hydrogen-bond acceptors (Lipinski definition) is 3. The minimum absolute atomic E-state index is 0.137. The summed E-state index contributed by atoms with van der Waals surface area (Å²) in [7, 11) is -0.751. The topological polar surface area (TPSA) is 24.8 Å². The van der Waals surface area contributed by atoms with Crippen LogP contribution >= 0.6 is 8.07 Å². The summed E-state index contributed by atoms with van der Waals surface area (Å²) in [5, 5.41) is 2.69. The van der Waals surface area contributed by atoms with E-state index in [1.807, 2.05) is 0 Å². The van der Waals surface area contributed by atoms with Gasteiger partial charge in [-0.2, -0.15) is 0 Å². The summed E-state index contributed by atoms with van der Waals surface area (Å²) in [5.74, 6) is 1.40.